The summed E-state index contributed by atoms with van der Waals surface area (Å²) in [6.07, 6.45) is 4.95. The number of tetrazole rings is 1. The molecule has 5 nitrogen and oxygen atoms in total. The van der Waals surface area contributed by atoms with Gasteiger partial charge in [0.1, 0.15) is 0 Å². The van der Waals surface area contributed by atoms with Gasteiger partial charge in [-0.3, -0.25) is 0 Å². The molecule has 1 saturated carbocycles. The third kappa shape index (κ3) is 2.53. The van der Waals surface area contributed by atoms with Crippen LogP contribution in [0.1, 0.15) is 44.2 Å². The Bertz CT molecular complexity index is 600. The average molecular weight is 271 g/mol. The van der Waals surface area contributed by atoms with Crippen LogP contribution < -0.4 is 5.73 Å². The van der Waals surface area contributed by atoms with Gasteiger partial charge in [-0.25, -0.2) is 4.68 Å². The molecule has 5 heteroatoms. The van der Waals surface area contributed by atoms with Crippen molar-refractivity contribution in [2.24, 2.45) is 5.92 Å². The minimum absolute atomic E-state index is 0.393. The Morgan fingerprint density at radius 1 is 1.40 bits per heavy atom. The first-order chi connectivity index (χ1) is 9.69. The summed E-state index contributed by atoms with van der Waals surface area (Å²) in [6.45, 7) is 4.25. The van der Waals surface area contributed by atoms with Crippen LogP contribution in [0.2, 0.25) is 0 Å². The molecule has 0 saturated heterocycles. The fourth-order valence-corrected chi connectivity index (χ4v) is 2.73. The van der Waals surface area contributed by atoms with Gasteiger partial charge in [0.05, 0.1) is 6.04 Å². The van der Waals surface area contributed by atoms with Crippen LogP contribution in [0.5, 0.6) is 0 Å². The lowest BCUT2D eigenvalue weighted by atomic mass is 10.0. The monoisotopic (exact) mass is 271 g/mol. The second-order valence-corrected chi connectivity index (χ2v) is 5.76. The minimum atomic E-state index is 0.393. The van der Waals surface area contributed by atoms with Gasteiger partial charge in [0.25, 0.3) is 0 Å². The molecule has 1 aromatic heterocycles. The maximum Gasteiger partial charge on any atom is 0.182 e. The largest absolute Gasteiger partial charge is 0.399 e. The highest BCUT2D eigenvalue weighted by Crippen LogP contribution is 2.38. The summed E-state index contributed by atoms with van der Waals surface area (Å²) in [5, 5.41) is 12.4. The first kappa shape index (κ1) is 13.1. The number of hydrogen-bond acceptors (Lipinski definition) is 4. The molecular weight excluding hydrogens is 250 g/mol. The molecule has 0 amide bonds. The first-order valence-corrected chi connectivity index (χ1v) is 7.33. The van der Waals surface area contributed by atoms with E-state index in [2.05, 4.69) is 22.4 Å². The number of nitrogen functional groups attached to an aromatic ring is 1. The number of benzene rings is 1. The normalized spacial score (nSPS) is 16.3. The standard InChI is InChI=1S/C15H21N5/c1-3-13(9-11-4-5-11)20-15(17-18-19-20)14-7-6-12(16)8-10(14)2/h6-8,11,13H,3-5,9,16H2,1-2H3. The van der Waals surface area contributed by atoms with E-state index in [1.165, 1.54) is 19.3 Å². The quantitative estimate of drug-likeness (QED) is 0.849. The van der Waals surface area contributed by atoms with Crippen molar-refractivity contribution in [3.05, 3.63) is 23.8 Å². The van der Waals surface area contributed by atoms with Crippen LogP contribution in [0.15, 0.2) is 18.2 Å². The summed E-state index contributed by atoms with van der Waals surface area (Å²) in [6, 6.07) is 6.28. The fourth-order valence-electron chi connectivity index (χ4n) is 2.73. The molecule has 1 aliphatic rings. The van der Waals surface area contributed by atoms with Gasteiger partial charge in [0.15, 0.2) is 5.82 Å². The van der Waals surface area contributed by atoms with Crippen LogP contribution in [0, 0.1) is 12.8 Å². The highest BCUT2D eigenvalue weighted by Gasteiger charge is 2.27. The predicted octanol–water partition coefficient (Wildman–Crippen LogP) is 2.98. The Labute approximate surface area is 119 Å². The number of hydrogen-bond donors (Lipinski definition) is 1. The van der Waals surface area contributed by atoms with Gasteiger partial charge in [0.2, 0.25) is 0 Å². The molecule has 1 heterocycles. The van der Waals surface area contributed by atoms with Gasteiger partial charge in [-0.05, 0) is 59.9 Å². The highest BCUT2D eigenvalue weighted by molar-refractivity contribution is 5.63. The van der Waals surface area contributed by atoms with Crippen molar-refractivity contribution in [3.63, 3.8) is 0 Å². The van der Waals surface area contributed by atoms with Crippen LogP contribution in [0.25, 0.3) is 11.4 Å². The maximum atomic E-state index is 5.82. The number of anilines is 1. The zero-order valence-corrected chi connectivity index (χ0v) is 12.1. The van der Waals surface area contributed by atoms with E-state index in [0.29, 0.717) is 6.04 Å². The van der Waals surface area contributed by atoms with E-state index in [-0.39, 0.29) is 0 Å². The number of nitrogens with zero attached hydrogens (tertiary/aromatic N) is 4. The zero-order valence-electron chi connectivity index (χ0n) is 12.1. The molecule has 0 radical (unpaired) electrons. The molecule has 2 N–H and O–H groups in total. The Hall–Kier alpha value is -1.91. The van der Waals surface area contributed by atoms with Gasteiger partial charge in [-0.1, -0.05) is 19.8 Å². The van der Waals surface area contributed by atoms with Crippen molar-refractivity contribution in [1.82, 2.24) is 20.2 Å². The smallest absolute Gasteiger partial charge is 0.182 e. The summed E-state index contributed by atoms with van der Waals surface area (Å²) in [4.78, 5) is 0. The van der Waals surface area contributed by atoms with Crippen molar-refractivity contribution < 1.29 is 0 Å². The molecule has 20 heavy (non-hydrogen) atoms. The molecule has 1 atom stereocenters. The first-order valence-electron chi connectivity index (χ1n) is 7.33. The van der Waals surface area contributed by atoms with Crippen LogP contribution >= 0.6 is 0 Å². The van der Waals surface area contributed by atoms with E-state index in [0.717, 1.165) is 35.0 Å². The molecule has 1 unspecified atom stereocenters. The molecule has 0 bridgehead atoms. The second kappa shape index (κ2) is 5.23. The minimum Gasteiger partial charge on any atom is -0.399 e. The molecule has 106 valence electrons. The maximum absolute atomic E-state index is 5.82. The molecule has 3 rings (SSSR count). The van der Waals surface area contributed by atoms with Gasteiger partial charge < -0.3 is 5.73 Å². The summed E-state index contributed by atoms with van der Waals surface area (Å²) >= 11 is 0. The number of aromatic nitrogens is 4. The SMILES string of the molecule is CCC(CC1CC1)n1nnnc1-c1ccc(N)cc1C. The van der Waals surface area contributed by atoms with Crippen LogP contribution in [0.4, 0.5) is 5.69 Å². The van der Waals surface area contributed by atoms with E-state index in [4.69, 9.17) is 5.73 Å². The Balaban J connectivity index is 1.95. The molecule has 1 aromatic carbocycles. The lowest BCUT2D eigenvalue weighted by Gasteiger charge is -2.17. The molecule has 0 aliphatic heterocycles. The van der Waals surface area contributed by atoms with Crippen molar-refractivity contribution >= 4 is 5.69 Å². The fraction of sp³-hybridized carbons (Fsp3) is 0.533. The Morgan fingerprint density at radius 3 is 2.85 bits per heavy atom. The number of aryl methyl sites for hydroxylation is 1. The summed E-state index contributed by atoms with van der Waals surface area (Å²) < 4.78 is 2.00. The summed E-state index contributed by atoms with van der Waals surface area (Å²) in [5.41, 5.74) is 8.78. The van der Waals surface area contributed by atoms with E-state index in [1.54, 1.807) is 0 Å². The number of nitrogens with two attached hydrogens (primary N) is 1. The van der Waals surface area contributed by atoms with Crippen molar-refractivity contribution in [3.8, 4) is 11.4 Å². The summed E-state index contributed by atoms with van der Waals surface area (Å²) in [7, 11) is 0. The Kier molecular flexibility index (Phi) is 3.42. The van der Waals surface area contributed by atoms with Gasteiger partial charge in [0, 0.05) is 11.3 Å². The second-order valence-electron chi connectivity index (χ2n) is 5.76. The third-order valence-electron chi connectivity index (χ3n) is 4.10. The van der Waals surface area contributed by atoms with Gasteiger partial charge in [-0.2, -0.15) is 0 Å². The topological polar surface area (TPSA) is 69.6 Å². The molecule has 0 spiro atoms. The molecule has 1 fully saturated rings. The molecule has 1 aliphatic carbocycles. The van der Waals surface area contributed by atoms with Crippen LogP contribution in [-0.4, -0.2) is 20.2 Å². The van der Waals surface area contributed by atoms with Crippen LogP contribution in [0.3, 0.4) is 0 Å². The number of rotatable bonds is 5. The van der Waals surface area contributed by atoms with E-state index in [1.807, 2.05) is 29.8 Å². The van der Waals surface area contributed by atoms with Crippen molar-refractivity contribution in [2.75, 3.05) is 5.73 Å². The lowest BCUT2D eigenvalue weighted by molar-refractivity contribution is 0.388. The average Bonchev–Trinajstić information content (AvgIpc) is 3.12. The summed E-state index contributed by atoms with van der Waals surface area (Å²) in [5.74, 6) is 1.72. The molecule has 2 aromatic rings. The highest BCUT2D eigenvalue weighted by atomic mass is 15.5. The van der Waals surface area contributed by atoms with Gasteiger partial charge in [-0.15, -0.1) is 5.10 Å². The molecular formula is C15H21N5. The Morgan fingerprint density at radius 2 is 2.20 bits per heavy atom. The van der Waals surface area contributed by atoms with Crippen molar-refractivity contribution in [1.29, 1.82) is 0 Å². The predicted molar refractivity (Wildman–Crippen MR) is 79.1 cm³/mol. The third-order valence-corrected chi connectivity index (χ3v) is 4.10. The zero-order chi connectivity index (χ0) is 14.1. The van der Waals surface area contributed by atoms with E-state index >= 15 is 0 Å². The van der Waals surface area contributed by atoms with Gasteiger partial charge >= 0.3 is 0 Å². The lowest BCUT2D eigenvalue weighted by Crippen LogP contribution is -2.13. The van der Waals surface area contributed by atoms with Crippen LogP contribution in [-0.2, 0) is 0 Å². The van der Waals surface area contributed by atoms with E-state index in [9.17, 15) is 0 Å². The van der Waals surface area contributed by atoms with E-state index < -0.39 is 0 Å². The van der Waals surface area contributed by atoms with Crippen molar-refractivity contribution in [2.45, 2.75) is 45.6 Å².